The lowest BCUT2D eigenvalue weighted by Gasteiger charge is -2.18. The van der Waals surface area contributed by atoms with Gasteiger partial charge in [0, 0.05) is 31.4 Å². The van der Waals surface area contributed by atoms with Crippen LogP contribution in [0.5, 0.6) is 17.4 Å². The number of nitrogens with zero attached hydrogens (tertiary/aromatic N) is 2. The van der Waals surface area contributed by atoms with Crippen LogP contribution in [0.15, 0.2) is 47.6 Å². The normalized spacial score (nSPS) is 12.2. The minimum absolute atomic E-state index is 0.0481. The van der Waals surface area contributed by atoms with Gasteiger partial charge in [-0.1, -0.05) is 12.1 Å². The molecule has 2 aromatic rings. The Kier molecular flexibility index (Phi) is 8.22. The zero-order valence-electron chi connectivity index (χ0n) is 16.4. The van der Waals surface area contributed by atoms with Gasteiger partial charge in [0.25, 0.3) is 0 Å². The molecule has 2 rings (SSSR count). The molecule has 0 fully saturated rings. The predicted molar refractivity (Wildman–Crippen MR) is 107 cm³/mol. The van der Waals surface area contributed by atoms with Gasteiger partial charge in [-0.2, -0.15) is 0 Å². The SMILES string of the molecule is CCOc1ncccc1CNC(=NC)NCC(C)Oc1cccc(OC)c1. The first kappa shape index (κ1) is 20.4. The van der Waals surface area contributed by atoms with Gasteiger partial charge < -0.3 is 24.8 Å². The molecule has 0 aliphatic heterocycles. The average Bonchev–Trinajstić information content (AvgIpc) is 2.69. The molecule has 146 valence electrons. The molecule has 1 aromatic carbocycles. The van der Waals surface area contributed by atoms with E-state index in [1.807, 2.05) is 50.2 Å². The van der Waals surface area contributed by atoms with Crippen molar-refractivity contribution in [1.82, 2.24) is 15.6 Å². The Morgan fingerprint density at radius 3 is 2.74 bits per heavy atom. The maximum absolute atomic E-state index is 5.91. The summed E-state index contributed by atoms with van der Waals surface area (Å²) >= 11 is 0. The van der Waals surface area contributed by atoms with Crippen molar-refractivity contribution in [3.63, 3.8) is 0 Å². The molecule has 1 atom stereocenters. The molecule has 2 N–H and O–H groups in total. The van der Waals surface area contributed by atoms with Gasteiger partial charge in [0.2, 0.25) is 5.88 Å². The van der Waals surface area contributed by atoms with Crippen LogP contribution in [0.1, 0.15) is 19.4 Å². The van der Waals surface area contributed by atoms with E-state index in [-0.39, 0.29) is 6.10 Å². The maximum atomic E-state index is 5.91. The van der Waals surface area contributed by atoms with E-state index >= 15 is 0 Å². The zero-order valence-corrected chi connectivity index (χ0v) is 16.4. The van der Waals surface area contributed by atoms with Crippen molar-refractivity contribution in [2.75, 3.05) is 27.3 Å². The maximum Gasteiger partial charge on any atom is 0.218 e. The summed E-state index contributed by atoms with van der Waals surface area (Å²) in [7, 11) is 3.37. The summed E-state index contributed by atoms with van der Waals surface area (Å²) in [5, 5.41) is 6.53. The Labute approximate surface area is 160 Å². The standard InChI is InChI=1S/C20H28N4O3/c1-5-26-19-16(8-7-11-22-19)14-24-20(21-3)23-13-15(2)27-18-10-6-9-17(12-18)25-4/h6-12,15H,5,13-14H2,1-4H3,(H2,21,23,24). The molecule has 7 nitrogen and oxygen atoms in total. The van der Waals surface area contributed by atoms with Crippen molar-refractivity contribution in [3.05, 3.63) is 48.2 Å². The van der Waals surface area contributed by atoms with Gasteiger partial charge in [0.1, 0.15) is 17.6 Å². The summed E-state index contributed by atoms with van der Waals surface area (Å²) in [6.45, 7) is 5.68. The molecule has 0 saturated carbocycles. The van der Waals surface area contributed by atoms with Crippen LogP contribution in [-0.2, 0) is 6.54 Å². The Morgan fingerprint density at radius 2 is 2.00 bits per heavy atom. The van der Waals surface area contributed by atoms with Gasteiger partial charge in [0.15, 0.2) is 5.96 Å². The fraction of sp³-hybridized carbons (Fsp3) is 0.400. The lowest BCUT2D eigenvalue weighted by Crippen LogP contribution is -2.41. The fourth-order valence-corrected chi connectivity index (χ4v) is 2.41. The summed E-state index contributed by atoms with van der Waals surface area (Å²) in [6, 6.07) is 11.4. The molecule has 0 saturated heterocycles. The second-order valence-electron chi connectivity index (χ2n) is 5.81. The van der Waals surface area contributed by atoms with E-state index in [4.69, 9.17) is 14.2 Å². The second kappa shape index (κ2) is 10.9. The molecule has 0 bridgehead atoms. The first-order chi connectivity index (χ1) is 13.2. The van der Waals surface area contributed by atoms with Gasteiger partial charge in [-0.25, -0.2) is 4.98 Å². The molecule has 1 heterocycles. The van der Waals surface area contributed by atoms with Crippen LogP contribution in [0.3, 0.4) is 0 Å². The highest BCUT2D eigenvalue weighted by molar-refractivity contribution is 5.79. The number of aliphatic imine (C=N–C) groups is 1. The zero-order chi connectivity index (χ0) is 19.5. The highest BCUT2D eigenvalue weighted by Gasteiger charge is 2.08. The van der Waals surface area contributed by atoms with Crippen molar-refractivity contribution >= 4 is 5.96 Å². The topological polar surface area (TPSA) is 77.0 Å². The number of benzene rings is 1. The number of ether oxygens (including phenoxy) is 3. The van der Waals surface area contributed by atoms with E-state index in [0.717, 1.165) is 17.1 Å². The van der Waals surface area contributed by atoms with Crippen LogP contribution in [0.4, 0.5) is 0 Å². The molecule has 0 radical (unpaired) electrons. The minimum Gasteiger partial charge on any atom is -0.497 e. The highest BCUT2D eigenvalue weighted by Crippen LogP contribution is 2.19. The molecular weight excluding hydrogens is 344 g/mol. The molecule has 0 spiro atoms. The number of hydrogen-bond acceptors (Lipinski definition) is 5. The van der Waals surface area contributed by atoms with Crippen molar-refractivity contribution in [2.45, 2.75) is 26.5 Å². The number of hydrogen-bond donors (Lipinski definition) is 2. The van der Waals surface area contributed by atoms with Crippen molar-refractivity contribution < 1.29 is 14.2 Å². The van der Waals surface area contributed by atoms with Gasteiger partial charge in [-0.05, 0) is 32.0 Å². The first-order valence-corrected chi connectivity index (χ1v) is 8.98. The number of methoxy groups -OCH3 is 1. The summed E-state index contributed by atoms with van der Waals surface area (Å²) < 4.78 is 16.7. The van der Waals surface area contributed by atoms with E-state index in [9.17, 15) is 0 Å². The van der Waals surface area contributed by atoms with Crippen molar-refractivity contribution in [1.29, 1.82) is 0 Å². The Hall–Kier alpha value is -2.96. The van der Waals surface area contributed by atoms with Gasteiger partial charge in [0.05, 0.1) is 20.3 Å². The smallest absolute Gasteiger partial charge is 0.218 e. The van der Waals surface area contributed by atoms with Crippen molar-refractivity contribution in [2.24, 2.45) is 4.99 Å². The molecule has 0 aliphatic rings. The monoisotopic (exact) mass is 372 g/mol. The molecule has 0 aliphatic carbocycles. The average molecular weight is 372 g/mol. The summed E-state index contributed by atoms with van der Waals surface area (Å²) in [6.07, 6.45) is 1.67. The quantitative estimate of drug-likeness (QED) is 0.520. The highest BCUT2D eigenvalue weighted by atomic mass is 16.5. The van der Waals surface area contributed by atoms with Crippen LogP contribution < -0.4 is 24.8 Å². The van der Waals surface area contributed by atoms with E-state index in [2.05, 4.69) is 20.6 Å². The third-order valence-corrected chi connectivity index (χ3v) is 3.74. The van der Waals surface area contributed by atoms with E-state index in [0.29, 0.717) is 31.5 Å². The molecule has 0 amide bonds. The number of aromatic nitrogens is 1. The Bertz CT molecular complexity index is 737. The number of guanidine groups is 1. The third kappa shape index (κ3) is 6.69. The molecule has 1 aromatic heterocycles. The predicted octanol–water partition coefficient (Wildman–Crippen LogP) is 2.62. The fourth-order valence-electron chi connectivity index (χ4n) is 2.41. The van der Waals surface area contributed by atoms with Crippen molar-refractivity contribution in [3.8, 4) is 17.4 Å². The molecular formula is C20H28N4O3. The first-order valence-electron chi connectivity index (χ1n) is 8.98. The van der Waals surface area contributed by atoms with Gasteiger partial charge >= 0.3 is 0 Å². The number of rotatable bonds is 9. The number of pyridine rings is 1. The summed E-state index contributed by atoms with van der Waals surface area (Å²) in [5.74, 6) is 2.86. The lowest BCUT2D eigenvalue weighted by atomic mass is 10.2. The Balaban J connectivity index is 1.83. The minimum atomic E-state index is -0.0481. The molecule has 7 heteroatoms. The van der Waals surface area contributed by atoms with Crippen LogP contribution in [0, 0.1) is 0 Å². The van der Waals surface area contributed by atoms with Gasteiger partial charge in [-0.15, -0.1) is 0 Å². The molecule has 27 heavy (non-hydrogen) atoms. The van der Waals surface area contributed by atoms with E-state index in [1.54, 1.807) is 20.4 Å². The van der Waals surface area contributed by atoms with Gasteiger partial charge in [-0.3, -0.25) is 4.99 Å². The number of nitrogens with one attached hydrogen (secondary N) is 2. The summed E-state index contributed by atoms with van der Waals surface area (Å²) in [4.78, 5) is 8.50. The van der Waals surface area contributed by atoms with Crippen LogP contribution in [0.25, 0.3) is 0 Å². The molecule has 1 unspecified atom stereocenters. The second-order valence-corrected chi connectivity index (χ2v) is 5.81. The van der Waals surface area contributed by atoms with Crippen LogP contribution in [-0.4, -0.2) is 44.4 Å². The third-order valence-electron chi connectivity index (χ3n) is 3.74. The van der Waals surface area contributed by atoms with E-state index in [1.165, 1.54) is 0 Å². The van der Waals surface area contributed by atoms with Crippen LogP contribution in [0.2, 0.25) is 0 Å². The van der Waals surface area contributed by atoms with Crippen LogP contribution >= 0.6 is 0 Å². The van der Waals surface area contributed by atoms with E-state index < -0.39 is 0 Å². The largest absolute Gasteiger partial charge is 0.497 e. The Morgan fingerprint density at radius 1 is 1.19 bits per heavy atom. The lowest BCUT2D eigenvalue weighted by molar-refractivity contribution is 0.223. The summed E-state index contributed by atoms with van der Waals surface area (Å²) in [5.41, 5.74) is 0.975.